The molecule has 174 valence electrons. The molecule has 1 saturated heterocycles. The van der Waals surface area contributed by atoms with E-state index in [9.17, 15) is 14.4 Å². The van der Waals surface area contributed by atoms with Gasteiger partial charge in [-0.3, -0.25) is 14.4 Å². The van der Waals surface area contributed by atoms with Crippen molar-refractivity contribution < 1.29 is 19.1 Å². The Balaban J connectivity index is 1.61. The minimum absolute atomic E-state index is 0.0433. The molecule has 0 spiro atoms. The largest absolute Gasteiger partial charge is 0.494 e. The Labute approximate surface area is 199 Å². The third-order valence-electron chi connectivity index (χ3n) is 5.92. The van der Waals surface area contributed by atoms with Gasteiger partial charge in [0.2, 0.25) is 5.91 Å². The minimum Gasteiger partial charge on any atom is -0.494 e. The summed E-state index contributed by atoms with van der Waals surface area (Å²) in [7, 11) is 0. The molecule has 34 heavy (non-hydrogen) atoms. The maximum Gasteiger partial charge on any atom is 0.257 e. The first-order valence-electron chi connectivity index (χ1n) is 11.5. The number of ether oxygens (including phenoxy) is 1. The number of carbonyl (C=O) groups excluding carboxylic acids is 3. The third-order valence-corrected chi connectivity index (χ3v) is 5.92. The summed E-state index contributed by atoms with van der Waals surface area (Å²) in [4.78, 5) is 42.7. The molecule has 6 heteroatoms. The average molecular weight is 457 g/mol. The molecule has 0 bridgehead atoms. The summed E-state index contributed by atoms with van der Waals surface area (Å²) < 4.78 is 5.46. The lowest BCUT2D eigenvalue weighted by Gasteiger charge is -2.28. The van der Waals surface area contributed by atoms with Crippen LogP contribution in [0.2, 0.25) is 0 Å². The van der Waals surface area contributed by atoms with Gasteiger partial charge in [-0.1, -0.05) is 48.0 Å². The van der Waals surface area contributed by atoms with Crippen LogP contribution in [-0.2, 0) is 16.0 Å². The van der Waals surface area contributed by atoms with E-state index in [2.05, 4.69) is 0 Å². The van der Waals surface area contributed by atoms with Crippen molar-refractivity contribution in [1.82, 2.24) is 4.90 Å². The summed E-state index contributed by atoms with van der Waals surface area (Å²) in [5.41, 5.74) is 3.00. The molecule has 0 aliphatic carbocycles. The Bertz CT molecular complexity index is 1170. The highest BCUT2D eigenvalue weighted by molar-refractivity contribution is 6.23. The fourth-order valence-electron chi connectivity index (χ4n) is 4.23. The first-order chi connectivity index (χ1) is 16.5. The maximum atomic E-state index is 13.5. The molecule has 3 aromatic carbocycles. The number of imide groups is 1. The summed E-state index contributed by atoms with van der Waals surface area (Å²) in [5, 5.41) is 0. The van der Waals surface area contributed by atoms with Gasteiger partial charge in [-0.2, -0.15) is 0 Å². The van der Waals surface area contributed by atoms with Crippen LogP contribution in [0.1, 0.15) is 34.8 Å². The number of benzene rings is 3. The number of carbonyl (C=O) groups is 3. The number of nitrogens with zero attached hydrogens (tertiary/aromatic N) is 2. The molecule has 0 saturated carbocycles. The van der Waals surface area contributed by atoms with E-state index in [1.165, 1.54) is 4.90 Å². The fourth-order valence-corrected chi connectivity index (χ4v) is 4.23. The quantitative estimate of drug-likeness (QED) is 0.471. The Morgan fingerprint density at radius 2 is 1.74 bits per heavy atom. The Morgan fingerprint density at radius 3 is 2.41 bits per heavy atom. The summed E-state index contributed by atoms with van der Waals surface area (Å²) in [5.74, 6) is -0.288. The first-order valence-corrected chi connectivity index (χ1v) is 11.5. The lowest BCUT2D eigenvalue weighted by molar-refractivity contribution is -0.122. The summed E-state index contributed by atoms with van der Waals surface area (Å²) >= 11 is 0. The zero-order chi connectivity index (χ0) is 24.1. The average Bonchev–Trinajstić information content (AvgIpc) is 3.14. The van der Waals surface area contributed by atoms with Crippen molar-refractivity contribution in [2.75, 3.05) is 18.1 Å². The van der Waals surface area contributed by atoms with Gasteiger partial charge in [0.05, 0.1) is 18.7 Å². The Kier molecular flexibility index (Phi) is 7.07. The first kappa shape index (κ1) is 23.2. The topological polar surface area (TPSA) is 66.9 Å². The monoisotopic (exact) mass is 456 g/mol. The van der Waals surface area contributed by atoms with Gasteiger partial charge in [0.25, 0.3) is 11.8 Å². The van der Waals surface area contributed by atoms with Gasteiger partial charge >= 0.3 is 0 Å². The van der Waals surface area contributed by atoms with Crippen molar-refractivity contribution in [2.24, 2.45) is 0 Å². The molecule has 1 aliphatic rings. The molecular formula is C28H28N2O4. The van der Waals surface area contributed by atoms with Crippen LogP contribution in [0.25, 0.3) is 0 Å². The maximum absolute atomic E-state index is 13.5. The molecule has 0 aromatic heterocycles. The van der Waals surface area contributed by atoms with E-state index in [0.29, 0.717) is 36.6 Å². The molecule has 3 aromatic rings. The van der Waals surface area contributed by atoms with Gasteiger partial charge in [-0.15, -0.1) is 0 Å². The van der Waals surface area contributed by atoms with Crippen LogP contribution in [0.5, 0.6) is 5.75 Å². The van der Waals surface area contributed by atoms with Crippen LogP contribution < -0.4 is 9.64 Å². The van der Waals surface area contributed by atoms with Gasteiger partial charge < -0.3 is 9.64 Å². The predicted molar refractivity (Wildman–Crippen MR) is 131 cm³/mol. The smallest absolute Gasteiger partial charge is 0.257 e. The number of rotatable bonds is 8. The van der Waals surface area contributed by atoms with Gasteiger partial charge in [-0.25, -0.2) is 4.90 Å². The molecule has 0 N–H and O–H groups in total. The second-order valence-electron chi connectivity index (χ2n) is 8.32. The molecule has 1 fully saturated rings. The fraction of sp³-hybridized carbons (Fsp3) is 0.250. The van der Waals surface area contributed by atoms with Crippen molar-refractivity contribution in [3.63, 3.8) is 0 Å². The summed E-state index contributed by atoms with van der Waals surface area (Å²) in [6.07, 6.45) is 0.539. The number of hydrogen-bond acceptors (Lipinski definition) is 4. The van der Waals surface area contributed by atoms with Crippen molar-refractivity contribution in [3.8, 4) is 5.75 Å². The van der Waals surface area contributed by atoms with E-state index in [1.54, 1.807) is 35.2 Å². The van der Waals surface area contributed by atoms with Crippen LogP contribution in [0, 0.1) is 6.92 Å². The van der Waals surface area contributed by atoms with Crippen LogP contribution in [0.4, 0.5) is 5.69 Å². The van der Waals surface area contributed by atoms with Crippen LogP contribution in [0.15, 0.2) is 78.9 Å². The molecule has 1 heterocycles. The second kappa shape index (κ2) is 10.3. The molecule has 6 nitrogen and oxygen atoms in total. The normalized spacial score (nSPS) is 15.5. The van der Waals surface area contributed by atoms with Crippen molar-refractivity contribution in [2.45, 2.75) is 32.7 Å². The van der Waals surface area contributed by atoms with E-state index in [1.807, 2.05) is 62.4 Å². The molecule has 0 radical (unpaired) electrons. The molecular weight excluding hydrogens is 428 g/mol. The van der Waals surface area contributed by atoms with E-state index in [-0.39, 0.29) is 24.1 Å². The van der Waals surface area contributed by atoms with Gasteiger partial charge in [0, 0.05) is 12.1 Å². The highest BCUT2D eigenvalue weighted by Crippen LogP contribution is 2.28. The zero-order valence-electron chi connectivity index (χ0n) is 19.4. The van der Waals surface area contributed by atoms with E-state index in [0.717, 1.165) is 11.1 Å². The molecule has 1 atom stereocenters. The lowest BCUT2D eigenvalue weighted by Crippen LogP contribution is -2.46. The number of aryl methyl sites for hydroxylation is 1. The second-order valence-corrected chi connectivity index (χ2v) is 8.32. The standard InChI is InChI=1S/C28H28N2O4/c1-3-34-24-14-12-23(13-15-24)30-26(31)19-25(28(30)33)29(17-16-21-9-5-4-6-10-21)27(32)22-11-7-8-20(2)18-22/h4-15,18,25H,3,16-17,19H2,1-2H3. The number of hydrogen-bond donors (Lipinski definition) is 0. The highest BCUT2D eigenvalue weighted by Gasteiger charge is 2.44. The Morgan fingerprint density at radius 1 is 1.00 bits per heavy atom. The highest BCUT2D eigenvalue weighted by atomic mass is 16.5. The van der Waals surface area contributed by atoms with Gasteiger partial charge in [0.15, 0.2) is 0 Å². The number of anilines is 1. The summed E-state index contributed by atoms with van der Waals surface area (Å²) in [6, 6.07) is 23.1. The lowest BCUT2D eigenvalue weighted by atomic mass is 10.1. The van der Waals surface area contributed by atoms with Crippen LogP contribution >= 0.6 is 0 Å². The van der Waals surface area contributed by atoms with Crippen molar-refractivity contribution in [1.29, 1.82) is 0 Å². The third kappa shape index (κ3) is 5.01. The van der Waals surface area contributed by atoms with E-state index in [4.69, 9.17) is 4.74 Å². The van der Waals surface area contributed by atoms with Gasteiger partial charge in [0.1, 0.15) is 11.8 Å². The predicted octanol–water partition coefficient (Wildman–Crippen LogP) is 4.41. The van der Waals surface area contributed by atoms with Crippen LogP contribution in [-0.4, -0.2) is 41.8 Å². The van der Waals surface area contributed by atoms with Crippen LogP contribution in [0.3, 0.4) is 0 Å². The van der Waals surface area contributed by atoms with E-state index >= 15 is 0 Å². The van der Waals surface area contributed by atoms with Crippen molar-refractivity contribution >= 4 is 23.4 Å². The minimum atomic E-state index is -0.851. The summed E-state index contributed by atoms with van der Waals surface area (Å²) in [6.45, 7) is 4.67. The molecule has 1 unspecified atom stereocenters. The zero-order valence-corrected chi connectivity index (χ0v) is 19.4. The van der Waals surface area contributed by atoms with E-state index < -0.39 is 6.04 Å². The Hall–Kier alpha value is -3.93. The molecule has 4 rings (SSSR count). The van der Waals surface area contributed by atoms with Gasteiger partial charge in [-0.05, 0) is 62.2 Å². The number of amides is 3. The molecule has 1 aliphatic heterocycles. The molecule has 3 amide bonds. The van der Waals surface area contributed by atoms with Crippen molar-refractivity contribution in [3.05, 3.63) is 95.6 Å². The SMILES string of the molecule is CCOc1ccc(N2C(=O)CC(N(CCc3ccccc3)C(=O)c3cccc(C)c3)C2=O)cc1.